The molecule has 0 aromatic heterocycles. The lowest BCUT2D eigenvalue weighted by Crippen LogP contribution is -2.23. The predicted molar refractivity (Wildman–Crippen MR) is 63.5 cm³/mol. The van der Waals surface area contributed by atoms with Crippen molar-refractivity contribution >= 4 is 31.9 Å². The molecule has 1 amide bonds. The summed E-state index contributed by atoms with van der Waals surface area (Å²) >= 11 is 3.02. The van der Waals surface area contributed by atoms with E-state index in [1.807, 2.05) is 0 Å². The van der Waals surface area contributed by atoms with Crippen molar-refractivity contribution in [2.24, 2.45) is 5.14 Å². The summed E-state index contributed by atoms with van der Waals surface area (Å²) in [6.45, 7) is 0.356. The topological polar surface area (TPSA) is 89.3 Å². The van der Waals surface area contributed by atoms with Crippen molar-refractivity contribution in [2.45, 2.75) is 11.4 Å². The summed E-state index contributed by atoms with van der Waals surface area (Å²) in [6, 6.07) is 6.03. The lowest BCUT2D eigenvalue weighted by atomic mass is 10.2. The van der Waals surface area contributed by atoms with Crippen molar-refractivity contribution in [1.82, 2.24) is 5.32 Å². The Morgan fingerprint density at radius 3 is 2.31 bits per heavy atom. The van der Waals surface area contributed by atoms with Gasteiger partial charge in [0.1, 0.15) is 0 Å². The number of carbonyl (C=O) groups is 1. The number of carbonyl (C=O) groups excluding carboxylic acids is 1. The van der Waals surface area contributed by atoms with Gasteiger partial charge in [-0.25, -0.2) is 13.6 Å². The van der Waals surface area contributed by atoms with Crippen molar-refractivity contribution < 1.29 is 13.2 Å². The summed E-state index contributed by atoms with van der Waals surface area (Å²) in [7, 11) is -3.65. The third-order valence-corrected chi connectivity index (χ3v) is 3.30. The molecule has 0 aliphatic carbocycles. The van der Waals surface area contributed by atoms with E-state index in [9.17, 15) is 13.2 Å². The van der Waals surface area contributed by atoms with E-state index in [1.54, 1.807) is 12.1 Å². The second kappa shape index (κ2) is 5.42. The Morgan fingerprint density at radius 2 is 1.88 bits per heavy atom. The maximum Gasteiger partial charge on any atom is 0.238 e. The number of amides is 1. The van der Waals surface area contributed by atoms with Crippen LogP contribution in [0.3, 0.4) is 0 Å². The number of halogens is 1. The van der Waals surface area contributed by atoms with Crippen LogP contribution in [0.2, 0.25) is 0 Å². The molecular formula is C9H11BrN2O3S. The first-order valence-corrected chi connectivity index (χ1v) is 7.04. The Labute approximate surface area is 102 Å². The summed E-state index contributed by atoms with van der Waals surface area (Å²) in [5.74, 6) is -0.129. The average Bonchev–Trinajstić information content (AvgIpc) is 2.25. The van der Waals surface area contributed by atoms with Crippen LogP contribution in [-0.4, -0.2) is 19.7 Å². The van der Waals surface area contributed by atoms with Gasteiger partial charge in [-0.1, -0.05) is 28.1 Å². The SMILES string of the molecule is NS(=O)(=O)c1ccc(CNC(=O)CBr)cc1. The molecule has 0 fully saturated rings. The molecule has 0 saturated heterocycles. The van der Waals surface area contributed by atoms with Crippen LogP contribution in [0.1, 0.15) is 5.56 Å². The average molecular weight is 307 g/mol. The van der Waals surface area contributed by atoms with E-state index >= 15 is 0 Å². The molecule has 0 heterocycles. The Bertz CT molecular complexity index is 470. The van der Waals surface area contributed by atoms with Crippen LogP contribution >= 0.6 is 15.9 Å². The minimum Gasteiger partial charge on any atom is -0.351 e. The van der Waals surface area contributed by atoms with Crippen LogP contribution in [-0.2, 0) is 21.4 Å². The molecule has 1 rings (SSSR count). The molecule has 16 heavy (non-hydrogen) atoms. The van der Waals surface area contributed by atoms with Crippen molar-refractivity contribution in [3.63, 3.8) is 0 Å². The monoisotopic (exact) mass is 306 g/mol. The van der Waals surface area contributed by atoms with E-state index in [-0.39, 0.29) is 16.1 Å². The van der Waals surface area contributed by atoms with Crippen LogP contribution in [0, 0.1) is 0 Å². The van der Waals surface area contributed by atoms with Gasteiger partial charge in [0.15, 0.2) is 0 Å². The fraction of sp³-hybridized carbons (Fsp3) is 0.222. The Balaban J connectivity index is 2.69. The minimum atomic E-state index is -3.65. The summed E-state index contributed by atoms with van der Waals surface area (Å²) < 4.78 is 21.9. The second-order valence-electron chi connectivity index (χ2n) is 3.10. The molecule has 0 unspecified atom stereocenters. The number of sulfonamides is 1. The lowest BCUT2D eigenvalue weighted by Gasteiger charge is -2.04. The third-order valence-electron chi connectivity index (χ3n) is 1.86. The zero-order valence-corrected chi connectivity index (χ0v) is 10.7. The highest BCUT2D eigenvalue weighted by Crippen LogP contribution is 2.08. The van der Waals surface area contributed by atoms with Gasteiger partial charge in [0.2, 0.25) is 15.9 Å². The number of hydrogen-bond donors (Lipinski definition) is 2. The molecule has 5 nitrogen and oxygen atoms in total. The van der Waals surface area contributed by atoms with Crippen molar-refractivity contribution in [2.75, 3.05) is 5.33 Å². The van der Waals surface area contributed by atoms with Gasteiger partial charge in [0.05, 0.1) is 10.2 Å². The Kier molecular flexibility index (Phi) is 4.45. The van der Waals surface area contributed by atoms with E-state index in [0.717, 1.165) is 5.56 Å². The molecule has 0 radical (unpaired) electrons. The summed E-state index contributed by atoms with van der Waals surface area (Å²) in [6.07, 6.45) is 0. The zero-order valence-electron chi connectivity index (χ0n) is 8.31. The highest BCUT2D eigenvalue weighted by Gasteiger charge is 2.06. The zero-order chi connectivity index (χ0) is 12.2. The quantitative estimate of drug-likeness (QED) is 0.786. The van der Waals surface area contributed by atoms with Gasteiger partial charge in [-0.15, -0.1) is 0 Å². The summed E-state index contributed by atoms with van der Waals surface area (Å²) in [5.41, 5.74) is 0.807. The number of nitrogens with one attached hydrogen (secondary N) is 1. The van der Waals surface area contributed by atoms with Crippen LogP contribution in [0.25, 0.3) is 0 Å². The molecular weight excluding hydrogens is 296 g/mol. The number of nitrogens with two attached hydrogens (primary N) is 1. The van der Waals surface area contributed by atoms with Gasteiger partial charge in [-0.3, -0.25) is 4.79 Å². The van der Waals surface area contributed by atoms with Gasteiger partial charge in [0.25, 0.3) is 0 Å². The normalized spacial score (nSPS) is 11.1. The first kappa shape index (κ1) is 13.1. The number of benzene rings is 1. The molecule has 1 aromatic rings. The first-order valence-electron chi connectivity index (χ1n) is 4.38. The number of rotatable bonds is 4. The number of alkyl halides is 1. The smallest absolute Gasteiger partial charge is 0.238 e. The van der Waals surface area contributed by atoms with E-state index in [0.29, 0.717) is 6.54 Å². The molecule has 0 aliphatic heterocycles. The standard InChI is InChI=1S/C9H11BrN2O3S/c10-5-9(13)12-6-7-1-3-8(4-2-7)16(11,14)15/h1-4H,5-6H2,(H,12,13)(H2,11,14,15). The predicted octanol–water partition coefficient (Wildman–Crippen LogP) is 0.345. The van der Waals surface area contributed by atoms with Crippen LogP contribution < -0.4 is 10.5 Å². The highest BCUT2D eigenvalue weighted by atomic mass is 79.9. The third kappa shape index (κ3) is 3.92. The number of primary sulfonamides is 1. The molecule has 3 N–H and O–H groups in total. The fourth-order valence-corrected chi connectivity index (χ4v) is 1.76. The molecule has 0 spiro atoms. The van der Waals surface area contributed by atoms with Gasteiger partial charge in [-0.2, -0.15) is 0 Å². The van der Waals surface area contributed by atoms with Crippen LogP contribution in [0.15, 0.2) is 29.2 Å². The summed E-state index contributed by atoms with van der Waals surface area (Å²) in [4.78, 5) is 11.0. The molecule has 0 bridgehead atoms. The van der Waals surface area contributed by atoms with E-state index in [1.165, 1.54) is 12.1 Å². The van der Waals surface area contributed by atoms with Gasteiger partial charge < -0.3 is 5.32 Å². The Hall–Kier alpha value is -0.920. The number of hydrogen-bond acceptors (Lipinski definition) is 3. The molecule has 7 heteroatoms. The Morgan fingerprint density at radius 1 is 1.31 bits per heavy atom. The van der Waals surface area contributed by atoms with Crippen molar-refractivity contribution in [3.05, 3.63) is 29.8 Å². The lowest BCUT2D eigenvalue weighted by molar-refractivity contribution is -0.118. The van der Waals surface area contributed by atoms with Gasteiger partial charge >= 0.3 is 0 Å². The van der Waals surface area contributed by atoms with Crippen molar-refractivity contribution in [1.29, 1.82) is 0 Å². The van der Waals surface area contributed by atoms with E-state index < -0.39 is 10.0 Å². The minimum absolute atomic E-state index is 0.0584. The second-order valence-corrected chi connectivity index (χ2v) is 5.22. The maximum atomic E-state index is 11.0. The van der Waals surface area contributed by atoms with Crippen LogP contribution in [0.4, 0.5) is 0 Å². The summed E-state index contributed by atoms with van der Waals surface area (Å²) in [5, 5.41) is 7.83. The molecule has 88 valence electrons. The first-order chi connectivity index (χ1) is 7.43. The molecule has 0 saturated carbocycles. The van der Waals surface area contributed by atoms with E-state index in [2.05, 4.69) is 21.2 Å². The molecule has 1 aromatic carbocycles. The molecule has 0 atom stereocenters. The van der Waals surface area contributed by atoms with E-state index in [4.69, 9.17) is 5.14 Å². The fourth-order valence-electron chi connectivity index (χ4n) is 1.04. The maximum absolute atomic E-state index is 11.0. The van der Waals surface area contributed by atoms with Crippen molar-refractivity contribution in [3.8, 4) is 0 Å². The van der Waals surface area contributed by atoms with Gasteiger partial charge in [0, 0.05) is 6.54 Å². The molecule has 0 aliphatic rings. The highest BCUT2D eigenvalue weighted by molar-refractivity contribution is 9.09. The van der Waals surface area contributed by atoms with Gasteiger partial charge in [-0.05, 0) is 17.7 Å². The largest absolute Gasteiger partial charge is 0.351 e. The van der Waals surface area contributed by atoms with Crippen LogP contribution in [0.5, 0.6) is 0 Å².